The molecule has 12 heavy (non-hydrogen) atoms. The van der Waals surface area contributed by atoms with Crippen LogP contribution < -0.4 is 0 Å². The first-order chi connectivity index (χ1) is 5.48. The lowest BCUT2D eigenvalue weighted by Gasteiger charge is -2.11. The van der Waals surface area contributed by atoms with Crippen LogP contribution in [0.25, 0.3) is 0 Å². The molecular formula is C9H21F3. The Morgan fingerprint density at radius 3 is 1.25 bits per heavy atom. The molecule has 0 nitrogen and oxygen atoms in total. The van der Waals surface area contributed by atoms with Crippen LogP contribution in [0.5, 0.6) is 0 Å². The normalized spacial score (nSPS) is 11.8. The zero-order chi connectivity index (χ0) is 10.8. The molecule has 0 saturated heterocycles. The molecule has 0 aliphatic rings. The third-order valence-electron chi connectivity index (χ3n) is 1.17. The molecule has 0 fully saturated rings. The van der Waals surface area contributed by atoms with Gasteiger partial charge in [-0.1, -0.05) is 41.5 Å². The summed E-state index contributed by atoms with van der Waals surface area (Å²) in [5.41, 5.74) is 0. The van der Waals surface area contributed by atoms with E-state index >= 15 is 0 Å². The Balaban J connectivity index is -0.000000175. The molecule has 0 saturated carbocycles. The van der Waals surface area contributed by atoms with Gasteiger partial charge in [0.25, 0.3) is 0 Å². The second-order valence-corrected chi connectivity index (χ2v) is 1.85. The third kappa shape index (κ3) is 12.5. The minimum absolute atomic E-state index is 0.170. The maximum Gasteiger partial charge on any atom is 0.391 e. The summed E-state index contributed by atoms with van der Waals surface area (Å²) in [6, 6.07) is 0. The predicted octanol–water partition coefficient (Wildman–Crippen LogP) is 4.65. The van der Waals surface area contributed by atoms with Crippen LogP contribution >= 0.6 is 0 Å². The van der Waals surface area contributed by atoms with Crippen LogP contribution in [-0.2, 0) is 0 Å². The number of rotatable bonds is 1. The van der Waals surface area contributed by atoms with E-state index in [9.17, 15) is 13.2 Å². The lowest BCUT2D eigenvalue weighted by atomic mass is 10.1. The Bertz CT molecular complexity index is 66.7. The number of alkyl halides is 3. The van der Waals surface area contributed by atoms with Gasteiger partial charge in [-0.25, -0.2) is 0 Å². The van der Waals surface area contributed by atoms with E-state index in [1.165, 1.54) is 13.8 Å². The Morgan fingerprint density at radius 1 is 1.00 bits per heavy atom. The van der Waals surface area contributed by atoms with Gasteiger partial charge in [0.2, 0.25) is 0 Å². The summed E-state index contributed by atoms with van der Waals surface area (Å²) in [5.74, 6) is -1.15. The van der Waals surface area contributed by atoms with Crippen LogP contribution in [0, 0.1) is 5.92 Å². The van der Waals surface area contributed by atoms with E-state index in [1.54, 1.807) is 0 Å². The summed E-state index contributed by atoms with van der Waals surface area (Å²) in [7, 11) is 0. The maximum absolute atomic E-state index is 11.4. The van der Waals surface area contributed by atoms with Crippen molar-refractivity contribution in [1.82, 2.24) is 0 Å². The van der Waals surface area contributed by atoms with Crippen LogP contribution in [0.4, 0.5) is 13.2 Å². The van der Waals surface area contributed by atoms with Crippen molar-refractivity contribution in [2.45, 2.75) is 54.1 Å². The van der Waals surface area contributed by atoms with Crippen molar-refractivity contribution in [2.75, 3.05) is 0 Å². The fraction of sp³-hybridized carbons (Fsp3) is 1.00. The van der Waals surface area contributed by atoms with Crippen molar-refractivity contribution in [3.63, 3.8) is 0 Å². The van der Waals surface area contributed by atoms with E-state index in [0.717, 1.165) is 0 Å². The molecule has 0 rings (SSSR count). The van der Waals surface area contributed by atoms with Crippen LogP contribution in [0.3, 0.4) is 0 Å². The zero-order valence-electron chi connectivity index (χ0n) is 8.92. The maximum atomic E-state index is 11.4. The topological polar surface area (TPSA) is 0 Å². The van der Waals surface area contributed by atoms with E-state index in [1.807, 2.05) is 27.7 Å². The summed E-state index contributed by atoms with van der Waals surface area (Å²) < 4.78 is 34.3. The summed E-state index contributed by atoms with van der Waals surface area (Å²) in [5, 5.41) is 0. The largest absolute Gasteiger partial charge is 0.391 e. The average molecular weight is 186 g/mol. The lowest BCUT2D eigenvalue weighted by Crippen LogP contribution is -2.18. The van der Waals surface area contributed by atoms with Crippen molar-refractivity contribution in [1.29, 1.82) is 0 Å². The SMILES string of the molecule is CC.CC.CCC(C)C(F)(F)F. The molecule has 0 heterocycles. The van der Waals surface area contributed by atoms with Gasteiger partial charge in [0, 0.05) is 0 Å². The van der Waals surface area contributed by atoms with Crippen molar-refractivity contribution in [3.05, 3.63) is 0 Å². The molecule has 0 aromatic carbocycles. The smallest absolute Gasteiger partial charge is 0.171 e. The highest BCUT2D eigenvalue weighted by atomic mass is 19.4. The molecule has 1 unspecified atom stereocenters. The summed E-state index contributed by atoms with van der Waals surface area (Å²) >= 11 is 0. The Morgan fingerprint density at radius 2 is 1.25 bits per heavy atom. The first-order valence-corrected chi connectivity index (χ1v) is 4.55. The average Bonchev–Trinajstić information content (AvgIpc) is 2.08. The summed E-state index contributed by atoms with van der Waals surface area (Å²) in [6.45, 7) is 10.7. The standard InChI is InChI=1S/C5H9F3.2C2H6/c1-3-4(2)5(6,7)8;2*1-2/h4H,3H2,1-2H3;2*1-2H3. The quantitative estimate of drug-likeness (QED) is 0.559. The van der Waals surface area contributed by atoms with Gasteiger partial charge >= 0.3 is 6.18 Å². The van der Waals surface area contributed by atoms with E-state index < -0.39 is 12.1 Å². The van der Waals surface area contributed by atoms with E-state index in [4.69, 9.17) is 0 Å². The molecule has 0 amide bonds. The number of halogens is 3. The van der Waals surface area contributed by atoms with Crippen molar-refractivity contribution >= 4 is 0 Å². The van der Waals surface area contributed by atoms with Gasteiger partial charge in [0.1, 0.15) is 0 Å². The molecule has 0 aromatic heterocycles. The van der Waals surface area contributed by atoms with Gasteiger partial charge in [0.15, 0.2) is 0 Å². The Hall–Kier alpha value is -0.210. The summed E-state index contributed by atoms with van der Waals surface area (Å²) in [4.78, 5) is 0. The molecular weight excluding hydrogens is 165 g/mol. The van der Waals surface area contributed by atoms with Crippen LogP contribution in [0.1, 0.15) is 48.0 Å². The van der Waals surface area contributed by atoms with Gasteiger partial charge in [0.05, 0.1) is 5.92 Å². The van der Waals surface area contributed by atoms with E-state index in [2.05, 4.69) is 0 Å². The molecule has 0 aliphatic heterocycles. The molecule has 0 N–H and O–H groups in total. The highest BCUT2D eigenvalue weighted by Gasteiger charge is 2.33. The molecule has 0 bridgehead atoms. The molecule has 3 heteroatoms. The lowest BCUT2D eigenvalue weighted by molar-refractivity contribution is -0.170. The molecule has 0 spiro atoms. The number of hydrogen-bond acceptors (Lipinski definition) is 0. The van der Waals surface area contributed by atoms with E-state index in [0.29, 0.717) is 0 Å². The van der Waals surface area contributed by atoms with Gasteiger partial charge in [-0.2, -0.15) is 13.2 Å². The predicted molar refractivity (Wildman–Crippen MR) is 48.2 cm³/mol. The highest BCUT2D eigenvalue weighted by molar-refractivity contribution is 4.58. The Labute approximate surface area is 74.2 Å². The minimum Gasteiger partial charge on any atom is -0.171 e. The molecule has 1 atom stereocenters. The van der Waals surface area contributed by atoms with Gasteiger partial charge in [-0.05, 0) is 6.42 Å². The number of hydrogen-bond donors (Lipinski definition) is 0. The van der Waals surface area contributed by atoms with Crippen LogP contribution in [0.15, 0.2) is 0 Å². The minimum atomic E-state index is -3.99. The fourth-order valence-corrected chi connectivity index (χ4v) is 0.231. The second-order valence-electron chi connectivity index (χ2n) is 1.85. The van der Waals surface area contributed by atoms with Gasteiger partial charge in [-0.3, -0.25) is 0 Å². The van der Waals surface area contributed by atoms with Crippen molar-refractivity contribution < 1.29 is 13.2 Å². The molecule has 0 aliphatic carbocycles. The monoisotopic (exact) mass is 186 g/mol. The highest BCUT2D eigenvalue weighted by Crippen LogP contribution is 2.27. The molecule has 0 radical (unpaired) electrons. The van der Waals surface area contributed by atoms with Crippen LogP contribution in [-0.4, -0.2) is 6.18 Å². The van der Waals surface area contributed by atoms with Crippen molar-refractivity contribution in [3.8, 4) is 0 Å². The second kappa shape index (κ2) is 10.8. The van der Waals surface area contributed by atoms with E-state index in [-0.39, 0.29) is 6.42 Å². The molecule has 0 aromatic rings. The Kier molecular flexibility index (Phi) is 16.0. The van der Waals surface area contributed by atoms with Gasteiger partial charge in [-0.15, -0.1) is 0 Å². The van der Waals surface area contributed by atoms with Crippen LogP contribution in [0.2, 0.25) is 0 Å². The first-order valence-electron chi connectivity index (χ1n) is 4.55. The van der Waals surface area contributed by atoms with Crippen molar-refractivity contribution in [2.24, 2.45) is 5.92 Å². The third-order valence-corrected chi connectivity index (χ3v) is 1.17. The fourth-order valence-electron chi connectivity index (χ4n) is 0.231. The molecule has 78 valence electrons. The zero-order valence-corrected chi connectivity index (χ0v) is 8.92. The first kappa shape index (κ1) is 17.8. The van der Waals surface area contributed by atoms with Gasteiger partial charge < -0.3 is 0 Å². The summed E-state index contributed by atoms with van der Waals surface area (Å²) in [6.07, 6.45) is -3.82.